The van der Waals surface area contributed by atoms with E-state index in [2.05, 4.69) is 20.7 Å². The summed E-state index contributed by atoms with van der Waals surface area (Å²) in [5.74, 6) is -0.706. The lowest BCUT2D eigenvalue weighted by Gasteiger charge is -2.08. The van der Waals surface area contributed by atoms with E-state index in [4.69, 9.17) is 0 Å². The van der Waals surface area contributed by atoms with Crippen LogP contribution in [0.2, 0.25) is 0 Å². The number of aromatic nitrogens is 3. The standard InChI is InChI=1S/C17H14N6O4/c1-11(24)20-13-3-5-14(6-4-13)21-17(25)12-2-7-15(16(8-12)23(26)27)22-10-18-9-19-22/h2-10H,1H3,(H,20,24)(H,21,25). The lowest BCUT2D eigenvalue weighted by molar-refractivity contribution is -0.384. The number of rotatable bonds is 5. The molecule has 2 amide bonds. The smallest absolute Gasteiger partial charge is 0.295 e. The highest BCUT2D eigenvalue weighted by Gasteiger charge is 2.19. The summed E-state index contributed by atoms with van der Waals surface area (Å²) in [5.41, 5.74) is 1.13. The molecule has 27 heavy (non-hydrogen) atoms. The highest BCUT2D eigenvalue weighted by atomic mass is 16.6. The van der Waals surface area contributed by atoms with Crippen LogP contribution in [0.5, 0.6) is 0 Å². The maximum atomic E-state index is 12.4. The van der Waals surface area contributed by atoms with Crippen molar-refractivity contribution >= 4 is 28.9 Å². The molecule has 3 aromatic rings. The highest BCUT2D eigenvalue weighted by Crippen LogP contribution is 2.24. The van der Waals surface area contributed by atoms with E-state index in [1.54, 1.807) is 24.3 Å². The Hall–Kier alpha value is -4.08. The molecule has 3 rings (SSSR count). The number of nitrogens with zero attached hydrogens (tertiary/aromatic N) is 4. The molecule has 0 aliphatic rings. The highest BCUT2D eigenvalue weighted by molar-refractivity contribution is 6.05. The summed E-state index contributed by atoms with van der Waals surface area (Å²) in [6.45, 7) is 1.39. The van der Waals surface area contributed by atoms with Crippen LogP contribution >= 0.6 is 0 Å². The van der Waals surface area contributed by atoms with Gasteiger partial charge in [-0.1, -0.05) is 0 Å². The van der Waals surface area contributed by atoms with Gasteiger partial charge >= 0.3 is 0 Å². The number of hydrogen-bond acceptors (Lipinski definition) is 6. The second-order valence-electron chi connectivity index (χ2n) is 5.51. The molecular formula is C17H14N6O4. The van der Waals surface area contributed by atoms with Gasteiger partial charge in [-0.25, -0.2) is 9.67 Å². The van der Waals surface area contributed by atoms with Gasteiger partial charge in [-0.2, -0.15) is 5.10 Å². The minimum absolute atomic E-state index is 0.122. The molecule has 0 bridgehead atoms. The van der Waals surface area contributed by atoms with E-state index >= 15 is 0 Å². The normalized spacial score (nSPS) is 10.3. The third-order valence-electron chi connectivity index (χ3n) is 3.56. The zero-order valence-corrected chi connectivity index (χ0v) is 14.1. The van der Waals surface area contributed by atoms with E-state index in [0.717, 1.165) is 0 Å². The van der Waals surface area contributed by atoms with Crippen molar-refractivity contribution in [2.75, 3.05) is 10.6 Å². The Bertz CT molecular complexity index is 999. The Labute approximate surface area is 153 Å². The summed E-state index contributed by atoms with van der Waals surface area (Å²) in [4.78, 5) is 38.0. The Morgan fingerprint density at radius 3 is 2.30 bits per heavy atom. The third-order valence-corrected chi connectivity index (χ3v) is 3.56. The van der Waals surface area contributed by atoms with E-state index in [0.29, 0.717) is 11.4 Å². The van der Waals surface area contributed by atoms with Gasteiger partial charge in [0.15, 0.2) is 0 Å². The summed E-state index contributed by atoms with van der Waals surface area (Å²) in [7, 11) is 0. The van der Waals surface area contributed by atoms with Gasteiger partial charge in [0.1, 0.15) is 18.3 Å². The number of carbonyl (C=O) groups excluding carboxylic acids is 2. The van der Waals surface area contributed by atoms with E-state index in [9.17, 15) is 19.7 Å². The van der Waals surface area contributed by atoms with Crippen molar-refractivity contribution in [3.63, 3.8) is 0 Å². The first-order chi connectivity index (χ1) is 12.9. The predicted octanol–water partition coefficient (Wildman–Crippen LogP) is 2.39. The Morgan fingerprint density at radius 1 is 1.07 bits per heavy atom. The molecule has 0 fully saturated rings. The lowest BCUT2D eigenvalue weighted by atomic mass is 10.1. The van der Waals surface area contributed by atoms with Crippen LogP contribution in [0.3, 0.4) is 0 Å². The summed E-state index contributed by atoms with van der Waals surface area (Å²) in [6.07, 6.45) is 2.59. The van der Waals surface area contributed by atoms with E-state index in [-0.39, 0.29) is 22.8 Å². The van der Waals surface area contributed by atoms with Gasteiger partial charge in [0.05, 0.1) is 4.92 Å². The molecule has 10 heteroatoms. The number of anilines is 2. The molecule has 0 saturated carbocycles. The zero-order valence-electron chi connectivity index (χ0n) is 14.1. The maximum Gasteiger partial charge on any atom is 0.295 e. The van der Waals surface area contributed by atoms with Crippen molar-refractivity contribution in [3.05, 3.63) is 70.8 Å². The molecule has 0 atom stereocenters. The van der Waals surface area contributed by atoms with Crippen LogP contribution in [0.25, 0.3) is 5.69 Å². The molecule has 2 N–H and O–H groups in total. The third kappa shape index (κ3) is 4.12. The van der Waals surface area contributed by atoms with Crippen molar-refractivity contribution < 1.29 is 14.5 Å². The van der Waals surface area contributed by atoms with Crippen molar-refractivity contribution in [2.24, 2.45) is 0 Å². The predicted molar refractivity (Wildman–Crippen MR) is 96.7 cm³/mol. The average Bonchev–Trinajstić information content (AvgIpc) is 3.17. The number of benzene rings is 2. The molecule has 0 saturated heterocycles. The van der Waals surface area contributed by atoms with E-state index in [1.807, 2.05) is 0 Å². The summed E-state index contributed by atoms with van der Waals surface area (Å²) < 4.78 is 1.25. The average molecular weight is 366 g/mol. The van der Waals surface area contributed by atoms with Gasteiger partial charge in [0.2, 0.25) is 5.91 Å². The molecule has 1 heterocycles. The van der Waals surface area contributed by atoms with Gasteiger partial charge in [0, 0.05) is 29.9 Å². The van der Waals surface area contributed by atoms with E-state index in [1.165, 1.54) is 42.5 Å². The monoisotopic (exact) mass is 366 g/mol. The van der Waals surface area contributed by atoms with Crippen LogP contribution in [0, 0.1) is 10.1 Å². The largest absolute Gasteiger partial charge is 0.326 e. The SMILES string of the molecule is CC(=O)Nc1ccc(NC(=O)c2ccc(-n3cncn3)c([N+](=O)[O-])c2)cc1. The Kier molecular flexibility index (Phi) is 4.88. The van der Waals surface area contributed by atoms with Gasteiger partial charge in [-0.15, -0.1) is 0 Å². The summed E-state index contributed by atoms with van der Waals surface area (Å²) in [5, 5.41) is 20.5. The molecule has 0 aliphatic heterocycles. The van der Waals surface area contributed by atoms with E-state index < -0.39 is 10.8 Å². The van der Waals surface area contributed by atoms with Gasteiger partial charge in [-0.3, -0.25) is 19.7 Å². The molecule has 0 radical (unpaired) electrons. The first kappa shape index (κ1) is 17.7. The second kappa shape index (κ2) is 7.44. The molecule has 10 nitrogen and oxygen atoms in total. The van der Waals surface area contributed by atoms with Crippen molar-refractivity contribution in [2.45, 2.75) is 6.92 Å². The van der Waals surface area contributed by atoms with Crippen LogP contribution in [0.15, 0.2) is 55.1 Å². The number of nitro benzene ring substituents is 1. The first-order valence-corrected chi connectivity index (χ1v) is 7.76. The van der Waals surface area contributed by atoms with Crippen molar-refractivity contribution in [1.29, 1.82) is 0 Å². The number of carbonyl (C=O) groups is 2. The molecule has 1 aromatic heterocycles. The first-order valence-electron chi connectivity index (χ1n) is 7.76. The van der Waals surface area contributed by atoms with Crippen LogP contribution in [0.4, 0.5) is 17.1 Å². The van der Waals surface area contributed by atoms with Gasteiger partial charge in [-0.05, 0) is 36.4 Å². The summed E-state index contributed by atoms with van der Waals surface area (Å²) >= 11 is 0. The second-order valence-corrected chi connectivity index (χ2v) is 5.51. The van der Waals surface area contributed by atoms with Gasteiger partial charge in [0.25, 0.3) is 11.6 Å². The molecule has 2 aromatic carbocycles. The minimum Gasteiger partial charge on any atom is -0.326 e. The van der Waals surface area contributed by atoms with Crippen molar-refractivity contribution in [1.82, 2.24) is 14.8 Å². The fourth-order valence-corrected chi connectivity index (χ4v) is 2.38. The number of nitrogens with one attached hydrogen (secondary N) is 2. The lowest BCUT2D eigenvalue weighted by Crippen LogP contribution is -2.13. The fraction of sp³-hybridized carbons (Fsp3) is 0.0588. The van der Waals surface area contributed by atoms with Gasteiger partial charge < -0.3 is 10.6 Å². The zero-order chi connectivity index (χ0) is 19.4. The van der Waals surface area contributed by atoms with Crippen molar-refractivity contribution in [3.8, 4) is 5.69 Å². The topological polar surface area (TPSA) is 132 Å². The quantitative estimate of drug-likeness (QED) is 0.526. The number of amides is 2. The molecular weight excluding hydrogens is 352 g/mol. The minimum atomic E-state index is -0.587. The number of hydrogen-bond donors (Lipinski definition) is 2. The number of nitro groups is 1. The molecule has 0 spiro atoms. The van der Waals surface area contributed by atoms with Crippen LogP contribution < -0.4 is 10.6 Å². The molecule has 0 unspecified atom stereocenters. The Balaban J connectivity index is 1.81. The molecule has 136 valence electrons. The van der Waals surface area contributed by atoms with Crippen LogP contribution in [-0.4, -0.2) is 31.5 Å². The Morgan fingerprint density at radius 2 is 1.74 bits per heavy atom. The summed E-state index contributed by atoms with van der Waals surface area (Å²) in [6, 6.07) is 10.6. The maximum absolute atomic E-state index is 12.4. The molecule has 0 aliphatic carbocycles. The van der Waals surface area contributed by atoms with Crippen LogP contribution in [0.1, 0.15) is 17.3 Å². The fourth-order valence-electron chi connectivity index (χ4n) is 2.38. The van der Waals surface area contributed by atoms with Crippen LogP contribution in [-0.2, 0) is 4.79 Å².